The van der Waals surface area contributed by atoms with E-state index >= 15 is 0 Å². The quantitative estimate of drug-likeness (QED) is 0.746. The van der Waals surface area contributed by atoms with Crippen LogP contribution < -0.4 is 5.49 Å². The van der Waals surface area contributed by atoms with Gasteiger partial charge in [-0.1, -0.05) is 24.3 Å². The van der Waals surface area contributed by atoms with Crippen molar-refractivity contribution in [1.29, 1.82) is 0 Å². The number of benzene rings is 1. The number of rotatable bonds is 3. The largest absolute Gasteiger partial charge is 0.333 e. The van der Waals surface area contributed by atoms with Gasteiger partial charge in [0.05, 0.1) is 11.1 Å². The number of hydrogen-bond donors (Lipinski definition) is 0. The smallest absolute Gasteiger partial charge is 0.279 e. The van der Waals surface area contributed by atoms with E-state index in [1.54, 1.807) is 12.3 Å². The van der Waals surface area contributed by atoms with Crippen LogP contribution in [-0.2, 0) is 6.54 Å². The van der Waals surface area contributed by atoms with E-state index in [-0.39, 0.29) is 5.91 Å². The molecule has 0 N–H and O–H groups in total. The molecule has 0 aliphatic heterocycles. The molecular formula is C19H17N3O. The SMILES string of the molecule is O=C(N=c1ccccn1CC1CC1)c1ccnc2ccccc12. The van der Waals surface area contributed by atoms with Crippen LogP contribution in [0.1, 0.15) is 23.2 Å². The zero-order chi connectivity index (χ0) is 15.6. The molecule has 1 aliphatic rings. The van der Waals surface area contributed by atoms with Gasteiger partial charge in [0.2, 0.25) is 0 Å². The average Bonchev–Trinajstić information content (AvgIpc) is 3.40. The van der Waals surface area contributed by atoms with Gasteiger partial charge in [-0.2, -0.15) is 4.99 Å². The molecule has 1 saturated carbocycles. The summed E-state index contributed by atoms with van der Waals surface area (Å²) in [4.78, 5) is 21.3. The molecule has 0 spiro atoms. The Morgan fingerprint density at radius 1 is 1.13 bits per heavy atom. The molecule has 1 aliphatic carbocycles. The van der Waals surface area contributed by atoms with Crippen LogP contribution >= 0.6 is 0 Å². The van der Waals surface area contributed by atoms with Crippen molar-refractivity contribution in [1.82, 2.24) is 9.55 Å². The lowest BCUT2D eigenvalue weighted by Gasteiger charge is -2.06. The Morgan fingerprint density at radius 3 is 2.83 bits per heavy atom. The summed E-state index contributed by atoms with van der Waals surface area (Å²) in [6.07, 6.45) is 6.19. The molecule has 1 amide bonds. The minimum Gasteiger partial charge on any atom is -0.333 e. The summed E-state index contributed by atoms with van der Waals surface area (Å²) in [7, 11) is 0. The van der Waals surface area contributed by atoms with Crippen LogP contribution in [0.15, 0.2) is 65.9 Å². The summed E-state index contributed by atoms with van der Waals surface area (Å²) in [6, 6.07) is 15.2. The van der Waals surface area contributed by atoms with E-state index in [1.165, 1.54) is 12.8 Å². The van der Waals surface area contributed by atoms with E-state index in [0.717, 1.165) is 23.4 Å². The van der Waals surface area contributed by atoms with E-state index in [9.17, 15) is 4.79 Å². The number of amides is 1. The molecule has 23 heavy (non-hydrogen) atoms. The molecule has 114 valence electrons. The molecule has 2 heterocycles. The number of para-hydroxylation sites is 1. The van der Waals surface area contributed by atoms with Gasteiger partial charge in [0.25, 0.3) is 5.91 Å². The van der Waals surface area contributed by atoms with Gasteiger partial charge in [0, 0.05) is 24.3 Å². The minimum absolute atomic E-state index is 0.223. The second kappa shape index (κ2) is 5.80. The maximum Gasteiger partial charge on any atom is 0.279 e. The molecule has 4 nitrogen and oxygen atoms in total. The van der Waals surface area contributed by atoms with E-state index < -0.39 is 0 Å². The normalized spacial score (nSPS) is 15.0. The Labute approximate surface area is 134 Å². The minimum atomic E-state index is -0.223. The zero-order valence-corrected chi connectivity index (χ0v) is 12.7. The fourth-order valence-corrected chi connectivity index (χ4v) is 2.75. The average molecular weight is 303 g/mol. The second-order valence-electron chi connectivity index (χ2n) is 5.95. The summed E-state index contributed by atoms with van der Waals surface area (Å²) in [5.74, 6) is 0.507. The maximum atomic E-state index is 12.7. The number of nitrogens with zero attached hydrogens (tertiary/aromatic N) is 3. The fraction of sp³-hybridized carbons (Fsp3) is 0.211. The van der Waals surface area contributed by atoms with Crippen LogP contribution in [0, 0.1) is 5.92 Å². The molecule has 2 aromatic heterocycles. The van der Waals surface area contributed by atoms with Crippen molar-refractivity contribution in [3.8, 4) is 0 Å². The van der Waals surface area contributed by atoms with Crippen LogP contribution in [0.3, 0.4) is 0 Å². The Hall–Kier alpha value is -2.75. The number of hydrogen-bond acceptors (Lipinski definition) is 2. The number of fused-ring (bicyclic) bond motifs is 1. The lowest BCUT2D eigenvalue weighted by Crippen LogP contribution is -2.22. The van der Waals surface area contributed by atoms with Crippen LogP contribution in [0.5, 0.6) is 0 Å². The molecule has 0 unspecified atom stereocenters. The topological polar surface area (TPSA) is 47.2 Å². The molecule has 0 atom stereocenters. The van der Waals surface area contributed by atoms with E-state index in [1.807, 2.05) is 48.7 Å². The third-order valence-corrected chi connectivity index (χ3v) is 4.16. The van der Waals surface area contributed by atoms with E-state index in [0.29, 0.717) is 11.1 Å². The molecule has 0 saturated heterocycles. The monoisotopic (exact) mass is 303 g/mol. The summed E-state index contributed by atoms with van der Waals surface area (Å²) < 4.78 is 2.07. The van der Waals surface area contributed by atoms with Crippen molar-refractivity contribution >= 4 is 16.8 Å². The Kier molecular flexibility index (Phi) is 3.50. The van der Waals surface area contributed by atoms with Crippen molar-refractivity contribution in [2.75, 3.05) is 0 Å². The first-order valence-electron chi connectivity index (χ1n) is 7.89. The molecule has 0 bridgehead atoms. The Morgan fingerprint density at radius 2 is 1.96 bits per heavy atom. The van der Waals surface area contributed by atoms with Gasteiger partial charge < -0.3 is 4.57 Å². The van der Waals surface area contributed by atoms with Gasteiger partial charge in [-0.25, -0.2) is 0 Å². The third-order valence-electron chi connectivity index (χ3n) is 4.16. The number of carbonyl (C=O) groups excluding carboxylic acids is 1. The molecule has 3 aromatic rings. The Balaban J connectivity index is 1.77. The van der Waals surface area contributed by atoms with Crippen molar-refractivity contribution in [2.45, 2.75) is 19.4 Å². The van der Waals surface area contributed by atoms with Crippen LogP contribution in [0.4, 0.5) is 0 Å². The first-order valence-corrected chi connectivity index (χ1v) is 7.89. The van der Waals surface area contributed by atoms with E-state index in [2.05, 4.69) is 14.5 Å². The summed E-state index contributed by atoms with van der Waals surface area (Å²) in [6.45, 7) is 0.935. The highest BCUT2D eigenvalue weighted by molar-refractivity contribution is 6.06. The fourth-order valence-electron chi connectivity index (χ4n) is 2.75. The van der Waals surface area contributed by atoms with Gasteiger partial charge in [0.15, 0.2) is 0 Å². The van der Waals surface area contributed by atoms with Crippen LogP contribution in [-0.4, -0.2) is 15.5 Å². The van der Waals surface area contributed by atoms with Gasteiger partial charge in [-0.05, 0) is 43.0 Å². The predicted octanol–water partition coefficient (Wildman–Crippen LogP) is 3.19. The molecule has 1 fully saturated rings. The molecule has 0 radical (unpaired) electrons. The number of pyridine rings is 2. The number of aromatic nitrogens is 2. The second-order valence-corrected chi connectivity index (χ2v) is 5.95. The van der Waals surface area contributed by atoms with Crippen molar-refractivity contribution in [3.05, 3.63) is 72.0 Å². The molecular weight excluding hydrogens is 286 g/mol. The lowest BCUT2D eigenvalue weighted by molar-refractivity contribution is 0.0998. The van der Waals surface area contributed by atoms with Crippen molar-refractivity contribution < 1.29 is 4.79 Å². The maximum absolute atomic E-state index is 12.7. The van der Waals surface area contributed by atoms with Crippen molar-refractivity contribution in [2.24, 2.45) is 10.9 Å². The highest BCUT2D eigenvalue weighted by Crippen LogP contribution is 2.29. The molecule has 4 rings (SSSR count). The lowest BCUT2D eigenvalue weighted by atomic mass is 10.1. The third kappa shape index (κ3) is 2.93. The first kappa shape index (κ1) is 13.9. The standard InChI is InChI=1S/C19H17N3O/c23-19(16-10-11-20-17-6-2-1-5-15(16)17)21-18-7-3-4-12-22(18)13-14-8-9-14/h1-7,10-12,14H,8-9,13H2. The predicted molar refractivity (Wildman–Crippen MR) is 88.8 cm³/mol. The van der Waals surface area contributed by atoms with Crippen LogP contribution in [0.25, 0.3) is 10.9 Å². The van der Waals surface area contributed by atoms with Gasteiger partial charge in [-0.15, -0.1) is 0 Å². The molecule has 1 aromatic carbocycles. The molecule has 4 heteroatoms. The summed E-state index contributed by atoms with van der Waals surface area (Å²) >= 11 is 0. The highest BCUT2D eigenvalue weighted by Gasteiger charge is 2.21. The first-order chi connectivity index (χ1) is 11.3. The number of carbonyl (C=O) groups is 1. The summed E-state index contributed by atoms with van der Waals surface area (Å²) in [5.41, 5.74) is 2.12. The zero-order valence-electron chi connectivity index (χ0n) is 12.7. The van der Waals surface area contributed by atoms with Gasteiger partial charge in [-0.3, -0.25) is 9.78 Å². The van der Waals surface area contributed by atoms with Gasteiger partial charge in [0.1, 0.15) is 5.49 Å². The van der Waals surface area contributed by atoms with Gasteiger partial charge >= 0.3 is 0 Å². The van der Waals surface area contributed by atoms with Crippen LogP contribution in [0.2, 0.25) is 0 Å². The van der Waals surface area contributed by atoms with Crippen molar-refractivity contribution in [3.63, 3.8) is 0 Å². The Bertz CT molecular complexity index is 933. The summed E-state index contributed by atoms with van der Waals surface area (Å²) in [5, 5.41) is 0.841. The van der Waals surface area contributed by atoms with E-state index in [4.69, 9.17) is 0 Å². The highest BCUT2D eigenvalue weighted by atomic mass is 16.1.